The molecule has 1 aromatic carbocycles. The second-order valence-corrected chi connectivity index (χ2v) is 6.06. The molecule has 3 nitrogen and oxygen atoms in total. The molecule has 0 spiro atoms. The van der Waals surface area contributed by atoms with Crippen LogP contribution in [0.3, 0.4) is 0 Å². The van der Waals surface area contributed by atoms with Crippen molar-refractivity contribution in [1.82, 2.24) is 4.90 Å². The summed E-state index contributed by atoms with van der Waals surface area (Å²) in [5.41, 5.74) is 0.405. The fourth-order valence-electron chi connectivity index (χ4n) is 2.42. The van der Waals surface area contributed by atoms with E-state index in [9.17, 15) is 13.6 Å². The molecule has 5 heteroatoms. The van der Waals surface area contributed by atoms with E-state index in [4.69, 9.17) is 4.74 Å². The third kappa shape index (κ3) is 2.92. The lowest BCUT2D eigenvalue weighted by atomic mass is 9.93. The molecule has 1 atom stereocenters. The summed E-state index contributed by atoms with van der Waals surface area (Å²) in [5.74, 6) is -1.17. The Kier molecular flexibility index (Phi) is 3.71. The van der Waals surface area contributed by atoms with Gasteiger partial charge in [-0.05, 0) is 51.3 Å². The van der Waals surface area contributed by atoms with Crippen molar-refractivity contribution in [3.05, 3.63) is 34.9 Å². The van der Waals surface area contributed by atoms with Gasteiger partial charge in [0, 0.05) is 12.6 Å². The molecule has 2 rings (SSSR count). The van der Waals surface area contributed by atoms with E-state index in [1.165, 1.54) is 11.0 Å². The smallest absolute Gasteiger partial charge is 0.410 e. The molecule has 0 aromatic heterocycles. The van der Waals surface area contributed by atoms with Crippen LogP contribution in [-0.2, 0) is 11.2 Å². The van der Waals surface area contributed by atoms with Gasteiger partial charge in [-0.1, -0.05) is 0 Å². The van der Waals surface area contributed by atoms with Crippen molar-refractivity contribution in [1.29, 1.82) is 0 Å². The summed E-state index contributed by atoms with van der Waals surface area (Å²) >= 11 is 0. The maximum Gasteiger partial charge on any atom is 0.410 e. The molecule has 0 aliphatic carbocycles. The number of ether oxygens (including phenoxy) is 1. The first kappa shape index (κ1) is 14.8. The topological polar surface area (TPSA) is 29.5 Å². The fourth-order valence-corrected chi connectivity index (χ4v) is 2.42. The minimum atomic E-state index is -0.626. The van der Waals surface area contributed by atoms with Crippen LogP contribution in [0.5, 0.6) is 0 Å². The molecule has 0 saturated heterocycles. The zero-order chi connectivity index (χ0) is 15.1. The largest absolute Gasteiger partial charge is 0.444 e. The SMILES string of the molecule is C[C@H]1c2cc(F)cc(F)c2CCN1C(=O)OC(C)(C)C. The summed E-state index contributed by atoms with van der Waals surface area (Å²) < 4.78 is 32.4. The average Bonchev–Trinajstić information content (AvgIpc) is 2.28. The molecule has 1 amide bonds. The number of amides is 1. The number of hydrogen-bond donors (Lipinski definition) is 0. The van der Waals surface area contributed by atoms with Gasteiger partial charge >= 0.3 is 6.09 Å². The second kappa shape index (κ2) is 5.04. The predicted octanol–water partition coefficient (Wildman–Crippen LogP) is 3.82. The Balaban J connectivity index is 2.28. The van der Waals surface area contributed by atoms with Crippen LogP contribution in [0.2, 0.25) is 0 Å². The molecule has 1 heterocycles. The minimum Gasteiger partial charge on any atom is -0.444 e. The Hall–Kier alpha value is -1.65. The van der Waals surface area contributed by atoms with Crippen molar-refractivity contribution in [2.24, 2.45) is 0 Å². The lowest BCUT2D eigenvalue weighted by Gasteiger charge is -2.36. The van der Waals surface area contributed by atoms with Crippen LogP contribution in [0.25, 0.3) is 0 Å². The van der Waals surface area contributed by atoms with Gasteiger partial charge in [0.05, 0.1) is 6.04 Å². The molecule has 0 saturated carbocycles. The van der Waals surface area contributed by atoms with Gasteiger partial charge in [-0.2, -0.15) is 0 Å². The maximum atomic E-state index is 13.7. The molecule has 0 radical (unpaired) electrons. The summed E-state index contributed by atoms with van der Waals surface area (Å²) in [4.78, 5) is 13.6. The van der Waals surface area contributed by atoms with Gasteiger partial charge in [-0.15, -0.1) is 0 Å². The standard InChI is InChI=1S/C15H19F2NO2/c1-9-12-7-10(16)8-13(17)11(12)5-6-18(9)14(19)20-15(2,3)4/h7-9H,5-6H2,1-4H3/t9-/m0/s1. The van der Waals surface area contributed by atoms with Crippen LogP contribution < -0.4 is 0 Å². The third-order valence-electron chi connectivity index (χ3n) is 3.34. The lowest BCUT2D eigenvalue weighted by molar-refractivity contribution is 0.0157. The van der Waals surface area contributed by atoms with Gasteiger partial charge < -0.3 is 9.64 Å². The summed E-state index contributed by atoms with van der Waals surface area (Å²) in [5, 5.41) is 0. The number of hydrogen-bond acceptors (Lipinski definition) is 2. The normalized spacial score (nSPS) is 18.7. The van der Waals surface area contributed by atoms with E-state index in [0.717, 1.165) is 6.07 Å². The number of nitrogens with zero attached hydrogens (tertiary/aromatic N) is 1. The highest BCUT2D eigenvalue weighted by Crippen LogP contribution is 2.32. The summed E-state index contributed by atoms with van der Waals surface area (Å²) in [6, 6.07) is 1.77. The molecule has 0 bridgehead atoms. The van der Waals surface area contributed by atoms with Crippen molar-refractivity contribution < 1.29 is 18.3 Å². The van der Waals surface area contributed by atoms with Gasteiger partial charge in [-0.3, -0.25) is 0 Å². The van der Waals surface area contributed by atoms with E-state index in [-0.39, 0.29) is 0 Å². The number of fused-ring (bicyclic) bond motifs is 1. The van der Waals surface area contributed by atoms with E-state index in [2.05, 4.69) is 0 Å². The van der Waals surface area contributed by atoms with E-state index in [1.807, 2.05) is 0 Å². The molecular weight excluding hydrogens is 264 g/mol. The molecule has 0 fully saturated rings. The minimum absolute atomic E-state index is 0.366. The Morgan fingerprint density at radius 2 is 2.00 bits per heavy atom. The number of benzene rings is 1. The summed E-state index contributed by atoms with van der Waals surface area (Å²) in [7, 11) is 0. The molecule has 0 N–H and O–H groups in total. The van der Waals surface area contributed by atoms with Gasteiger partial charge in [0.15, 0.2) is 0 Å². The molecule has 0 unspecified atom stereocenters. The van der Waals surface area contributed by atoms with Gasteiger partial charge in [0.2, 0.25) is 0 Å². The van der Waals surface area contributed by atoms with Crippen molar-refractivity contribution in [3.8, 4) is 0 Å². The summed E-state index contributed by atoms with van der Waals surface area (Å²) in [6.45, 7) is 7.47. The van der Waals surface area contributed by atoms with E-state index < -0.39 is 29.4 Å². The van der Waals surface area contributed by atoms with Crippen molar-refractivity contribution in [2.75, 3.05) is 6.54 Å². The zero-order valence-electron chi connectivity index (χ0n) is 12.2. The number of halogens is 2. The van der Waals surface area contributed by atoms with Crippen molar-refractivity contribution in [3.63, 3.8) is 0 Å². The first-order chi connectivity index (χ1) is 9.19. The molecule has 110 valence electrons. The zero-order valence-corrected chi connectivity index (χ0v) is 12.2. The number of rotatable bonds is 0. The number of carbonyl (C=O) groups is 1. The van der Waals surface area contributed by atoms with E-state index in [0.29, 0.717) is 24.1 Å². The van der Waals surface area contributed by atoms with Crippen LogP contribution in [-0.4, -0.2) is 23.1 Å². The fraction of sp³-hybridized carbons (Fsp3) is 0.533. The van der Waals surface area contributed by atoms with Crippen LogP contribution in [0.1, 0.15) is 44.9 Å². The first-order valence-corrected chi connectivity index (χ1v) is 6.66. The Morgan fingerprint density at radius 3 is 2.60 bits per heavy atom. The highest BCUT2D eigenvalue weighted by Gasteiger charge is 2.32. The summed E-state index contributed by atoms with van der Waals surface area (Å²) in [6.07, 6.45) is -0.0919. The molecular formula is C15H19F2NO2. The highest BCUT2D eigenvalue weighted by atomic mass is 19.1. The van der Waals surface area contributed by atoms with E-state index >= 15 is 0 Å². The first-order valence-electron chi connectivity index (χ1n) is 6.66. The third-order valence-corrected chi connectivity index (χ3v) is 3.34. The van der Waals surface area contributed by atoms with Crippen molar-refractivity contribution in [2.45, 2.75) is 45.8 Å². The van der Waals surface area contributed by atoms with Gasteiger partial charge in [0.25, 0.3) is 0 Å². The van der Waals surface area contributed by atoms with Crippen LogP contribution in [0.4, 0.5) is 13.6 Å². The number of carbonyl (C=O) groups excluding carboxylic acids is 1. The van der Waals surface area contributed by atoms with E-state index in [1.54, 1.807) is 27.7 Å². The average molecular weight is 283 g/mol. The lowest BCUT2D eigenvalue weighted by Crippen LogP contribution is -2.42. The quantitative estimate of drug-likeness (QED) is 0.724. The van der Waals surface area contributed by atoms with Crippen molar-refractivity contribution >= 4 is 6.09 Å². The monoisotopic (exact) mass is 283 g/mol. The second-order valence-electron chi connectivity index (χ2n) is 6.06. The molecule has 1 aliphatic rings. The highest BCUT2D eigenvalue weighted by molar-refractivity contribution is 5.69. The molecule has 20 heavy (non-hydrogen) atoms. The van der Waals surface area contributed by atoms with Gasteiger partial charge in [-0.25, -0.2) is 13.6 Å². The Morgan fingerprint density at radius 1 is 1.35 bits per heavy atom. The molecule has 1 aliphatic heterocycles. The Bertz CT molecular complexity index is 537. The molecule has 1 aromatic rings. The predicted molar refractivity (Wildman–Crippen MR) is 71.4 cm³/mol. The van der Waals surface area contributed by atoms with Crippen LogP contribution >= 0.6 is 0 Å². The Labute approximate surface area is 117 Å². The van der Waals surface area contributed by atoms with Gasteiger partial charge in [0.1, 0.15) is 17.2 Å². The maximum absolute atomic E-state index is 13.7. The van der Waals surface area contributed by atoms with Crippen LogP contribution in [0, 0.1) is 11.6 Å². The van der Waals surface area contributed by atoms with Crippen LogP contribution in [0.15, 0.2) is 12.1 Å².